The number of hydrogen-bond acceptors (Lipinski definition) is 5. The average molecular weight is 414 g/mol. The van der Waals surface area contributed by atoms with Gasteiger partial charge in [-0.05, 0) is 49.2 Å². The summed E-state index contributed by atoms with van der Waals surface area (Å²) in [5.41, 5.74) is 4.37. The van der Waals surface area contributed by atoms with Gasteiger partial charge in [0.2, 0.25) is 6.10 Å². The van der Waals surface area contributed by atoms with Crippen molar-refractivity contribution in [3.05, 3.63) is 95.2 Å². The number of nitrogens with one attached hydrogen (secondary N) is 1. The van der Waals surface area contributed by atoms with Crippen LogP contribution in [-0.4, -0.2) is 17.0 Å². The number of carbonyl (C=O) groups excluding carboxylic acids is 2. The van der Waals surface area contributed by atoms with Gasteiger partial charge in [0.05, 0.1) is 6.42 Å². The fourth-order valence-electron chi connectivity index (χ4n) is 3.53. The van der Waals surface area contributed by atoms with Gasteiger partial charge < -0.3 is 14.6 Å². The van der Waals surface area contributed by atoms with E-state index in [9.17, 15) is 9.59 Å². The van der Waals surface area contributed by atoms with Crippen LogP contribution in [0.2, 0.25) is 0 Å². The maximum atomic E-state index is 13.1. The summed E-state index contributed by atoms with van der Waals surface area (Å²) in [4.78, 5) is 25.8. The number of nitrogens with zero attached hydrogens (tertiary/aromatic N) is 1. The lowest BCUT2D eigenvalue weighted by molar-refractivity contribution is -0.154. The van der Waals surface area contributed by atoms with Gasteiger partial charge in [-0.25, -0.2) is 0 Å². The molecule has 0 radical (unpaired) electrons. The fraction of sp³-hybridized carbons (Fsp3) is 0.160. The molecule has 0 aliphatic rings. The van der Waals surface area contributed by atoms with Gasteiger partial charge in [-0.2, -0.15) is 0 Å². The normalized spacial score (nSPS) is 11.8. The van der Waals surface area contributed by atoms with Crippen LogP contribution in [0.5, 0.6) is 0 Å². The standard InChI is InChI=1S/C25H22N2O4/c1-16-12-17(2)14-19(13-16)26-25(29)24(18-8-4-3-5-9-18)30-23(28)15-21-20-10-6-7-11-22(20)31-27-21/h3-14,24H,15H2,1-2H3,(H,26,29). The lowest BCUT2D eigenvalue weighted by Gasteiger charge is -2.18. The van der Waals surface area contributed by atoms with Crippen LogP contribution < -0.4 is 5.32 Å². The number of fused-ring (bicyclic) bond motifs is 1. The SMILES string of the molecule is Cc1cc(C)cc(NC(=O)C(OC(=O)Cc2noc3ccccc23)c2ccccc2)c1. The van der Waals surface area contributed by atoms with E-state index < -0.39 is 18.0 Å². The monoisotopic (exact) mass is 414 g/mol. The molecule has 0 spiro atoms. The predicted molar refractivity (Wildman–Crippen MR) is 118 cm³/mol. The van der Waals surface area contributed by atoms with E-state index in [2.05, 4.69) is 10.5 Å². The van der Waals surface area contributed by atoms with Crippen LogP contribution in [0.25, 0.3) is 11.0 Å². The van der Waals surface area contributed by atoms with Crippen molar-refractivity contribution in [2.75, 3.05) is 5.32 Å². The van der Waals surface area contributed by atoms with E-state index in [1.54, 1.807) is 30.3 Å². The van der Waals surface area contributed by atoms with Crippen molar-refractivity contribution in [3.63, 3.8) is 0 Å². The van der Waals surface area contributed by atoms with Crippen LogP contribution in [0.4, 0.5) is 5.69 Å². The highest BCUT2D eigenvalue weighted by Gasteiger charge is 2.26. The highest BCUT2D eigenvalue weighted by molar-refractivity contribution is 5.96. The first kappa shape index (κ1) is 20.3. The molecule has 156 valence electrons. The Morgan fingerprint density at radius 2 is 1.65 bits per heavy atom. The summed E-state index contributed by atoms with van der Waals surface area (Å²) in [7, 11) is 0. The summed E-state index contributed by atoms with van der Waals surface area (Å²) < 4.78 is 10.9. The third-order valence-electron chi connectivity index (χ3n) is 4.84. The Labute approximate surface area is 179 Å². The van der Waals surface area contributed by atoms with E-state index in [1.165, 1.54) is 0 Å². The summed E-state index contributed by atoms with van der Waals surface area (Å²) in [6.45, 7) is 3.92. The van der Waals surface area contributed by atoms with E-state index in [1.807, 2.05) is 56.3 Å². The van der Waals surface area contributed by atoms with Gasteiger partial charge in [0.15, 0.2) is 5.58 Å². The number of carbonyl (C=O) groups is 2. The molecule has 1 N–H and O–H groups in total. The lowest BCUT2D eigenvalue weighted by atomic mass is 10.1. The highest BCUT2D eigenvalue weighted by atomic mass is 16.5. The Kier molecular flexibility index (Phi) is 5.80. The van der Waals surface area contributed by atoms with Crippen LogP contribution >= 0.6 is 0 Å². The summed E-state index contributed by atoms with van der Waals surface area (Å²) in [6.07, 6.45) is -1.19. The summed E-state index contributed by atoms with van der Waals surface area (Å²) in [5.74, 6) is -0.988. The Morgan fingerprint density at radius 3 is 2.39 bits per heavy atom. The van der Waals surface area contributed by atoms with Crippen molar-refractivity contribution < 1.29 is 18.8 Å². The first-order valence-electron chi connectivity index (χ1n) is 9.96. The molecule has 4 rings (SSSR count). The van der Waals surface area contributed by atoms with Gasteiger partial charge in [-0.15, -0.1) is 0 Å². The summed E-state index contributed by atoms with van der Waals surface area (Å²) in [5, 5.41) is 7.58. The second kappa shape index (κ2) is 8.83. The van der Waals surface area contributed by atoms with Gasteiger partial charge >= 0.3 is 5.97 Å². The molecule has 0 saturated heterocycles. The first-order chi connectivity index (χ1) is 15.0. The molecule has 1 aromatic heterocycles. The van der Waals surface area contributed by atoms with Gasteiger partial charge in [-0.1, -0.05) is 53.7 Å². The maximum absolute atomic E-state index is 13.1. The van der Waals surface area contributed by atoms with E-state index in [0.717, 1.165) is 16.5 Å². The van der Waals surface area contributed by atoms with Crippen LogP contribution in [0, 0.1) is 13.8 Å². The molecule has 1 unspecified atom stereocenters. The molecule has 0 fully saturated rings. The molecule has 1 atom stereocenters. The Balaban J connectivity index is 1.55. The smallest absolute Gasteiger partial charge is 0.313 e. The molecular formula is C25H22N2O4. The van der Waals surface area contributed by atoms with E-state index in [-0.39, 0.29) is 6.42 Å². The second-order valence-electron chi connectivity index (χ2n) is 7.45. The molecule has 4 aromatic rings. The minimum absolute atomic E-state index is 0.100. The molecule has 0 saturated carbocycles. The van der Waals surface area contributed by atoms with Gasteiger partial charge in [0, 0.05) is 16.6 Å². The Bertz CT molecular complexity index is 1210. The molecule has 6 nitrogen and oxygen atoms in total. The van der Waals surface area contributed by atoms with Crippen molar-refractivity contribution in [1.82, 2.24) is 5.16 Å². The number of amides is 1. The number of rotatable bonds is 6. The topological polar surface area (TPSA) is 81.4 Å². The first-order valence-corrected chi connectivity index (χ1v) is 9.96. The van der Waals surface area contributed by atoms with Crippen LogP contribution in [-0.2, 0) is 20.7 Å². The fourth-order valence-corrected chi connectivity index (χ4v) is 3.53. The number of para-hydroxylation sites is 1. The number of aryl methyl sites for hydroxylation is 2. The zero-order chi connectivity index (χ0) is 21.8. The van der Waals surface area contributed by atoms with Crippen molar-refractivity contribution in [3.8, 4) is 0 Å². The van der Waals surface area contributed by atoms with Crippen molar-refractivity contribution in [2.45, 2.75) is 26.4 Å². The molecular weight excluding hydrogens is 392 g/mol. The van der Waals surface area contributed by atoms with E-state index >= 15 is 0 Å². The van der Waals surface area contributed by atoms with Gasteiger partial charge in [0.25, 0.3) is 5.91 Å². The van der Waals surface area contributed by atoms with Crippen molar-refractivity contribution in [2.24, 2.45) is 0 Å². The molecule has 0 bridgehead atoms. The molecule has 1 heterocycles. The van der Waals surface area contributed by atoms with Crippen LogP contribution in [0.3, 0.4) is 0 Å². The molecule has 6 heteroatoms. The molecule has 1 amide bonds. The largest absolute Gasteiger partial charge is 0.447 e. The minimum Gasteiger partial charge on any atom is -0.447 e. The van der Waals surface area contributed by atoms with Crippen molar-refractivity contribution >= 4 is 28.5 Å². The number of anilines is 1. The van der Waals surface area contributed by atoms with E-state index in [4.69, 9.17) is 9.26 Å². The number of benzene rings is 3. The Morgan fingerprint density at radius 1 is 0.968 bits per heavy atom. The summed E-state index contributed by atoms with van der Waals surface area (Å²) >= 11 is 0. The molecule has 3 aromatic carbocycles. The Hall–Kier alpha value is -3.93. The van der Waals surface area contributed by atoms with Crippen molar-refractivity contribution in [1.29, 1.82) is 0 Å². The highest BCUT2D eigenvalue weighted by Crippen LogP contribution is 2.23. The number of ether oxygens (including phenoxy) is 1. The third kappa shape index (κ3) is 4.80. The lowest BCUT2D eigenvalue weighted by Crippen LogP contribution is -2.26. The second-order valence-corrected chi connectivity index (χ2v) is 7.45. The quantitative estimate of drug-likeness (QED) is 0.453. The van der Waals surface area contributed by atoms with Gasteiger partial charge in [0.1, 0.15) is 5.69 Å². The third-order valence-corrected chi connectivity index (χ3v) is 4.84. The molecule has 31 heavy (non-hydrogen) atoms. The zero-order valence-corrected chi connectivity index (χ0v) is 17.3. The zero-order valence-electron chi connectivity index (χ0n) is 17.3. The van der Waals surface area contributed by atoms with Gasteiger partial charge in [-0.3, -0.25) is 9.59 Å². The van der Waals surface area contributed by atoms with Crippen LogP contribution in [0.1, 0.15) is 28.5 Å². The molecule has 0 aliphatic carbocycles. The van der Waals surface area contributed by atoms with E-state index in [0.29, 0.717) is 22.5 Å². The molecule has 0 aliphatic heterocycles. The summed E-state index contributed by atoms with van der Waals surface area (Å²) in [6, 6.07) is 22.0. The number of esters is 1. The number of aromatic nitrogens is 1. The van der Waals surface area contributed by atoms with Crippen LogP contribution in [0.15, 0.2) is 77.3 Å². The maximum Gasteiger partial charge on any atom is 0.313 e. The average Bonchev–Trinajstić information content (AvgIpc) is 3.14. The predicted octanol–water partition coefficient (Wildman–Crippen LogP) is 4.91. The minimum atomic E-state index is -1.09. The number of hydrogen-bond donors (Lipinski definition) is 1.